The Bertz CT molecular complexity index is 1060. The normalized spacial score (nSPS) is 11.7. The van der Waals surface area contributed by atoms with Gasteiger partial charge in [0.05, 0.1) is 23.7 Å². The van der Waals surface area contributed by atoms with Crippen molar-refractivity contribution in [1.29, 1.82) is 0 Å². The molecule has 0 saturated heterocycles. The molecule has 0 aliphatic rings. The minimum Gasteiger partial charge on any atom is -0.468 e. The first-order chi connectivity index (χ1) is 12.5. The van der Waals surface area contributed by atoms with Crippen LogP contribution in [0.15, 0.2) is 51.9 Å². The molecule has 134 valence electrons. The lowest BCUT2D eigenvalue weighted by atomic mass is 10.1. The Kier molecular flexibility index (Phi) is 5.90. The zero-order valence-corrected chi connectivity index (χ0v) is 16.9. The van der Waals surface area contributed by atoms with Gasteiger partial charge in [-0.15, -0.1) is 0 Å². The molecule has 3 rings (SSSR count). The molecule has 0 bridgehead atoms. The van der Waals surface area contributed by atoms with Crippen LogP contribution in [-0.2, 0) is 27.3 Å². The molecule has 1 aromatic heterocycles. The minimum absolute atomic E-state index is 0.0175. The number of hydrogen-bond donors (Lipinski definition) is 0. The number of carbonyl (C=O) groups excluding carboxylic acids is 2. The molecule has 0 fully saturated rings. The van der Waals surface area contributed by atoms with E-state index in [1.165, 1.54) is 18.4 Å². The number of methoxy groups -OCH3 is 1. The van der Waals surface area contributed by atoms with Gasteiger partial charge < -0.3 is 9.30 Å². The number of thiazole rings is 1. The highest BCUT2D eigenvalue weighted by Gasteiger charge is 2.13. The molecule has 3 aromatic rings. The zero-order valence-electron chi connectivity index (χ0n) is 13.7. The van der Waals surface area contributed by atoms with Crippen LogP contribution in [0.3, 0.4) is 0 Å². The number of rotatable bonds is 4. The fourth-order valence-corrected chi connectivity index (χ4v) is 4.23. The fourth-order valence-electron chi connectivity index (χ4n) is 2.43. The molecule has 0 radical (unpaired) electrons. The fraction of sp³-hybridized carbons (Fsp3) is 0.167. The van der Waals surface area contributed by atoms with Crippen molar-refractivity contribution < 1.29 is 14.3 Å². The SMILES string of the molecule is COC(=O)Cn1c(=NC(=O)Cc2ccccc2Cl)sc2cc(Br)ccc21. The molecular weight excluding hydrogens is 440 g/mol. The first kappa shape index (κ1) is 18.8. The monoisotopic (exact) mass is 452 g/mol. The van der Waals surface area contributed by atoms with Crippen molar-refractivity contribution in [2.24, 2.45) is 4.99 Å². The van der Waals surface area contributed by atoms with Gasteiger partial charge in [-0.1, -0.05) is 57.1 Å². The number of fused-ring (bicyclic) bond motifs is 1. The molecule has 0 aliphatic carbocycles. The summed E-state index contributed by atoms with van der Waals surface area (Å²) >= 11 is 10.9. The van der Waals surface area contributed by atoms with Gasteiger partial charge in [0, 0.05) is 9.50 Å². The van der Waals surface area contributed by atoms with Gasteiger partial charge in [-0.05, 0) is 29.8 Å². The average Bonchev–Trinajstić information content (AvgIpc) is 2.93. The summed E-state index contributed by atoms with van der Waals surface area (Å²) in [5.74, 6) is -0.741. The van der Waals surface area contributed by atoms with Crippen molar-refractivity contribution in [2.75, 3.05) is 7.11 Å². The smallest absolute Gasteiger partial charge is 0.325 e. The van der Waals surface area contributed by atoms with Gasteiger partial charge >= 0.3 is 5.97 Å². The van der Waals surface area contributed by atoms with Gasteiger partial charge in [-0.25, -0.2) is 0 Å². The van der Waals surface area contributed by atoms with Crippen LogP contribution in [0.2, 0.25) is 5.02 Å². The number of esters is 1. The number of nitrogens with zero attached hydrogens (tertiary/aromatic N) is 2. The number of amides is 1. The third-order valence-electron chi connectivity index (χ3n) is 3.68. The third-order valence-corrected chi connectivity index (χ3v) is 5.58. The Morgan fingerprint density at radius 1 is 1.27 bits per heavy atom. The van der Waals surface area contributed by atoms with Crippen molar-refractivity contribution in [3.63, 3.8) is 0 Å². The Morgan fingerprint density at radius 3 is 2.77 bits per heavy atom. The predicted molar refractivity (Wildman–Crippen MR) is 105 cm³/mol. The van der Waals surface area contributed by atoms with E-state index in [-0.39, 0.29) is 18.9 Å². The largest absolute Gasteiger partial charge is 0.468 e. The van der Waals surface area contributed by atoms with Crippen molar-refractivity contribution in [2.45, 2.75) is 13.0 Å². The second kappa shape index (κ2) is 8.16. The average molecular weight is 454 g/mol. The Morgan fingerprint density at radius 2 is 2.04 bits per heavy atom. The van der Waals surface area contributed by atoms with Crippen LogP contribution in [0.25, 0.3) is 10.2 Å². The summed E-state index contributed by atoms with van der Waals surface area (Å²) in [5, 5.41) is 0.527. The van der Waals surface area contributed by atoms with Crippen LogP contribution in [-0.4, -0.2) is 23.6 Å². The van der Waals surface area contributed by atoms with Crippen LogP contribution in [0.4, 0.5) is 0 Å². The summed E-state index contributed by atoms with van der Waals surface area (Å²) in [6, 6.07) is 12.8. The molecule has 1 heterocycles. The molecule has 5 nitrogen and oxygen atoms in total. The van der Waals surface area contributed by atoms with E-state index in [2.05, 4.69) is 20.9 Å². The van der Waals surface area contributed by atoms with Gasteiger partial charge in [0.15, 0.2) is 4.80 Å². The van der Waals surface area contributed by atoms with Crippen molar-refractivity contribution in [3.05, 3.63) is 62.3 Å². The van der Waals surface area contributed by atoms with E-state index in [9.17, 15) is 9.59 Å². The van der Waals surface area contributed by atoms with E-state index in [1.54, 1.807) is 16.7 Å². The Labute approximate surface area is 167 Å². The van der Waals surface area contributed by atoms with Gasteiger partial charge in [-0.2, -0.15) is 4.99 Å². The second-order valence-corrected chi connectivity index (χ2v) is 7.76. The Hall–Kier alpha value is -1.96. The lowest BCUT2D eigenvalue weighted by molar-refractivity contribution is -0.141. The van der Waals surface area contributed by atoms with Crippen LogP contribution in [0.1, 0.15) is 5.56 Å². The number of ether oxygens (including phenoxy) is 1. The molecule has 0 atom stereocenters. The molecule has 8 heteroatoms. The number of hydrogen-bond acceptors (Lipinski definition) is 4. The van der Waals surface area contributed by atoms with E-state index in [1.807, 2.05) is 30.3 Å². The maximum absolute atomic E-state index is 12.4. The van der Waals surface area contributed by atoms with Crippen LogP contribution < -0.4 is 4.80 Å². The maximum atomic E-state index is 12.4. The molecule has 0 aliphatic heterocycles. The first-order valence-corrected chi connectivity index (χ1v) is 9.63. The molecule has 0 N–H and O–H groups in total. The van der Waals surface area contributed by atoms with E-state index in [0.29, 0.717) is 15.4 Å². The molecular formula is C18H14BrClN2O3S. The van der Waals surface area contributed by atoms with Gasteiger partial charge in [0.1, 0.15) is 6.54 Å². The van der Waals surface area contributed by atoms with E-state index in [4.69, 9.17) is 16.3 Å². The maximum Gasteiger partial charge on any atom is 0.325 e. The quantitative estimate of drug-likeness (QED) is 0.562. The van der Waals surface area contributed by atoms with Crippen LogP contribution >= 0.6 is 38.9 Å². The number of aromatic nitrogens is 1. The molecule has 0 unspecified atom stereocenters. The van der Waals surface area contributed by atoms with Gasteiger partial charge in [0.25, 0.3) is 5.91 Å². The lowest BCUT2D eigenvalue weighted by Gasteiger charge is -2.04. The summed E-state index contributed by atoms with van der Waals surface area (Å²) < 4.78 is 8.26. The van der Waals surface area contributed by atoms with Crippen LogP contribution in [0.5, 0.6) is 0 Å². The predicted octanol–water partition coefficient (Wildman–Crippen LogP) is 3.96. The molecule has 0 saturated carbocycles. The third kappa shape index (κ3) is 4.23. The second-order valence-electron chi connectivity index (χ2n) is 5.43. The number of benzene rings is 2. The minimum atomic E-state index is -0.410. The van der Waals surface area contributed by atoms with Crippen LogP contribution in [0, 0.1) is 0 Å². The summed E-state index contributed by atoms with van der Waals surface area (Å²) in [6.07, 6.45) is 0.0931. The van der Waals surface area contributed by atoms with E-state index < -0.39 is 5.97 Å². The highest BCUT2D eigenvalue weighted by Crippen LogP contribution is 2.22. The molecule has 0 spiro atoms. The summed E-state index contributed by atoms with van der Waals surface area (Å²) in [7, 11) is 1.33. The summed E-state index contributed by atoms with van der Waals surface area (Å²) in [5.41, 5.74) is 1.53. The standard InChI is InChI=1S/C18H14BrClN2O3S/c1-25-17(24)10-22-14-7-6-12(19)9-15(14)26-18(22)21-16(23)8-11-4-2-3-5-13(11)20/h2-7,9H,8,10H2,1H3. The van der Waals surface area contributed by atoms with Gasteiger partial charge in [0.2, 0.25) is 0 Å². The molecule has 2 aromatic carbocycles. The first-order valence-electron chi connectivity index (χ1n) is 7.64. The van der Waals surface area contributed by atoms with Gasteiger partial charge in [-0.3, -0.25) is 9.59 Å². The van der Waals surface area contributed by atoms with Crippen molar-refractivity contribution >= 4 is 61.0 Å². The lowest BCUT2D eigenvalue weighted by Crippen LogP contribution is -2.22. The highest BCUT2D eigenvalue weighted by atomic mass is 79.9. The van der Waals surface area contributed by atoms with E-state index >= 15 is 0 Å². The molecule has 26 heavy (non-hydrogen) atoms. The summed E-state index contributed by atoms with van der Waals surface area (Å²) in [6.45, 7) is -0.0175. The highest BCUT2D eigenvalue weighted by molar-refractivity contribution is 9.10. The van der Waals surface area contributed by atoms with Crippen molar-refractivity contribution in [3.8, 4) is 0 Å². The van der Waals surface area contributed by atoms with Crippen molar-refractivity contribution in [1.82, 2.24) is 4.57 Å². The molecule has 1 amide bonds. The van der Waals surface area contributed by atoms with E-state index in [0.717, 1.165) is 14.7 Å². The number of carbonyl (C=O) groups is 2. The Balaban J connectivity index is 2.03. The topological polar surface area (TPSA) is 60.7 Å². The zero-order chi connectivity index (χ0) is 18.7. The summed E-state index contributed by atoms with van der Waals surface area (Å²) in [4.78, 5) is 28.9. The number of halogens is 2.